The number of hydrogen-bond acceptors (Lipinski definition) is 6. The molecule has 0 atom stereocenters. The number of rotatable bonds is 12. The number of guanidine groups is 1. The van der Waals surface area contributed by atoms with Gasteiger partial charge in [0.15, 0.2) is 0 Å². The summed E-state index contributed by atoms with van der Waals surface area (Å²) >= 11 is -0.390. The molecule has 190 valence electrons. The van der Waals surface area contributed by atoms with Crippen LogP contribution in [0.25, 0.3) is 6.08 Å². The summed E-state index contributed by atoms with van der Waals surface area (Å²) in [6.45, 7) is 6.97. The number of pyridine rings is 1. The van der Waals surface area contributed by atoms with Gasteiger partial charge in [0, 0.05) is 0 Å². The van der Waals surface area contributed by atoms with Crippen molar-refractivity contribution < 1.29 is 39.3 Å². The standard InChI is InChI=1S/C22H28IN6O5S/c1-4-23-11-10-17-15(2)6-5-7-19(17)35(32,33)28-18-9-8-16(3)29(21(18)31)14-20(30)26-12-13-34-27-22(24)25/h4-11,28H,1,12-14H2,2-3H3,(H,26,30)(H4,24,25,27)/q-1/b11-10-. The van der Waals surface area contributed by atoms with E-state index in [0.29, 0.717) is 11.3 Å². The molecule has 0 fully saturated rings. The molecule has 0 aliphatic heterocycles. The number of aromatic nitrogens is 1. The third-order valence-electron chi connectivity index (χ3n) is 4.59. The van der Waals surface area contributed by atoms with E-state index in [-0.39, 0.29) is 36.2 Å². The molecule has 0 saturated carbocycles. The van der Waals surface area contributed by atoms with Crippen LogP contribution in [0, 0.1) is 13.8 Å². The van der Waals surface area contributed by atoms with Crippen LogP contribution >= 0.6 is 0 Å². The fraction of sp³-hybridized carbons (Fsp3) is 0.227. The first-order valence-corrected chi connectivity index (χ1v) is 14.2. The van der Waals surface area contributed by atoms with Crippen LogP contribution < -0.4 is 48.3 Å². The number of aryl methyl sites for hydroxylation is 2. The predicted octanol–water partition coefficient (Wildman–Crippen LogP) is -2.21. The number of hydrogen-bond donors (Lipinski definition) is 4. The molecular formula is C22H28IN6O5S-. The number of carbonyl (C=O) groups excluding carboxylic acids is 1. The number of nitrogens with two attached hydrogens (primary N) is 2. The Kier molecular flexibility index (Phi) is 10.3. The minimum atomic E-state index is -4.09. The SMILES string of the molecule is C=C[I-]/C=C\c1c(C)cccc1S(=O)(=O)Nc1ccc(C)n(CC(=O)NCCON=C(N)N)c1=O. The van der Waals surface area contributed by atoms with Crippen molar-refractivity contribution in [1.82, 2.24) is 9.88 Å². The van der Waals surface area contributed by atoms with Gasteiger partial charge in [-0.25, -0.2) is 0 Å². The summed E-state index contributed by atoms with van der Waals surface area (Å²) in [4.78, 5) is 30.1. The molecule has 0 aliphatic rings. The van der Waals surface area contributed by atoms with Gasteiger partial charge in [0.2, 0.25) is 5.96 Å². The van der Waals surface area contributed by atoms with Crippen molar-refractivity contribution in [3.63, 3.8) is 0 Å². The molecule has 0 aliphatic carbocycles. The van der Waals surface area contributed by atoms with Crippen molar-refractivity contribution in [3.8, 4) is 0 Å². The second kappa shape index (κ2) is 12.9. The molecule has 1 heterocycles. The Morgan fingerprint density at radius 3 is 2.69 bits per heavy atom. The van der Waals surface area contributed by atoms with Crippen LogP contribution in [0.15, 0.2) is 59.9 Å². The van der Waals surface area contributed by atoms with E-state index >= 15 is 0 Å². The van der Waals surface area contributed by atoms with Gasteiger partial charge in [0.05, 0.1) is 6.54 Å². The van der Waals surface area contributed by atoms with Crippen LogP contribution in [-0.2, 0) is 26.2 Å². The van der Waals surface area contributed by atoms with Crippen molar-refractivity contribution in [1.29, 1.82) is 0 Å². The predicted molar refractivity (Wildman–Crippen MR) is 131 cm³/mol. The molecule has 0 radical (unpaired) electrons. The third kappa shape index (κ3) is 8.13. The number of halogens is 1. The molecule has 2 rings (SSSR count). The van der Waals surface area contributed by atoms with Crippen molar-refractivity contribution in [2.24, 2.45) is 16.6 Å². The number of oxime groups is 1. The Morgan fingerprint density at radius 2 is 2.00 bits per heavy atom. The third-order valence-corrected chi connectivity index (χ3v) is 7.30. The van der Waals surface area contributed by atoms with Gasteiger partial charge in [-0.1, -0.05) is 0 Å². The fourth-order valence-corrected chi connectivity index (χ4v) is 5.14. The zero-order valence-electron chi connectivity index (χ0n) is 19.3. The van der Waals surface area contributed by atoms with E-state index in [9.17, 15) is 18.0 Å². The van der Waals surface area contributed by atoms with E-state index in [2.05, 4.69) is 21.8 Å². The average molecular weight is 615 g/mol. The summed E-state index contributed by atoms with van der Waals surface area (Å²) in [5.41, 5.74) is 11.2. The van der Waals surface area contributed by atoms with E-state index < -0.39 is 42.7 Å². The van der Waals surface area contributed by atoms with Gasteiger partial charge in [-0.3, -0.25) is 0 Å². The van der Waals surface area contributed by atoms with Gasteiger partial charge in [0.1, 0.15) is 6.61 Å². The number of anilines is 1. The fourth-order valence-electron chi connectivity index (χ4n) is 2.95. The number of nitrogens with zero attached hydrogens (tertiary/aromatic N) is 2. The molecule has 13 heteroatoms. The van der Waals surface area contributed by atoms with Gasteiger partial charge in [0.25, 0.3) is 0 Å². The Balaban J connectivity index is 2.25. The van der Waals surface area contributed by atoms with Crippen molar-refractivity contribution in [2.75, 3.05) is 17.9 Å². The Morgan fingerprint density at radius 1 is 1.26 bits per heavy atom. The number of sulfonamides is 1. The zero-order chi connectivity index (χ0) is 26.0. The van der Waals surface area contributed by atoms with Gasteiger partial charge in [-0.05, 0) is 5.16 Å². The maximum atomic E-state index is 13.2. The van der Waals surface area contributed by atoms with Crippen LogP contribution in [0.5, 0.6) is 0 Å². The van der Waals surface area contributed by atoms with Crippen LogP contribution in [0.2, 0.25) is 0 Å². The first kappa shape index (κ1) is 27.9. The van der Waals surface area contributed by atoms with Crippen LogP contribution in [-0.4, -0.2) is 38.0 Å². The summed E-state index contributed by atoms with van der Waals surface area (Å²) < 4.78 is 33.7. The minimum absolute atomic E-state index is 0.0272. The molecule has 2 aromatic rings. The Bertz CT molecular complexity index is 1300. The van der Waals surface area contributed by atoms with Crippen LogP contribution in [0.3, 0.4) is 0 Å². The maximum absolute atomic E-state index is 13.2. The van der Waals surface area contributed by atoms with E-state index in [1.54, 1.807) is 25.1 Å². The average Bonchev–Trinajstić information content (AvgIpc) is 2.79. The summed E-state index contributed by atoms with van der Waals surface area (Å²) in [6, 6.07) is 7.86. The molecule has 6 N–H and O–H groups in total. The number of amides is 1. The second-order valence-corrected chi connectivity index (χ2v) is 11.1. The normalized spacial score (nSPS) is 11.3. The van der Waals surface area contributed by atoms with Crippen LogP contribution in [0.1, 0.15) is 16.8 Å². The first-order chi connectivity index (χ1) is 16.6. The molecule has 1 aromatic carbocycles. The number of nitrogens with one attached hydrogen (secondary N) is 2. The molecule has 0 saturated heterocycles. The van der Waals surface area contributed by atoms with Gasteiger partial charge in [-0.2, -0.15) is 0 Å². The van der Waals surface area contributed by atoms with Crippen molar-refractivity contribution >= 4 is 33.7 Å². The monoisotopic (exact) mass is 615 g/mol. The molecule has 35 heavy (non-hydrogen) atoms. The molecular weight excluding hydrogens is 587 g/mol. The number of benzene rings is 1. The summed E-state index contributed by atoms with van der Waals surface area (Å²) in [5.74, 6) is -0.718. The summed E-state index contributed by atoms with van der Waals surface area (Å²) in [5, 5.41) is 5.90. The van der Waals surface area contributed by atoms with E-state index in [1.807, 2.05) is 21.2 Å². The Labute approximate surface area is 214 Å². The van der Waals surface area contributed by atoms with Crippen molar-refractivity contribution in [2.45, 2.75) is 25.3 Å². The molecule has 1 aromatic heterocycles. The molecule has 0 unspecified atom stereocenters. The zero-order valence-corrected chi connectivity index (χ0v) is 22.3. The van der Waals surface area contributed by atoms with Gasteiger partial charge < -0.3 is 16.3 Å². The Hall–Kier alpha value is -3.33. The van der Waals surface area contributed by atoms with Gasteiger partial charge >= 0.3 is 174 Å². The van der Waals surface area contributed by atoms with Gasteiger partial charge in [-0.15, -0.1) is 0 Å². The molecule has 11 nitrogen and oxygen atoms in total. The molecule has 1 amide bonds. The van der Waals surface area contributed by atoms with Crippen molar-refractivity contribution in [3.05, 3.63) is 72.3 Å². The molecule has 0 spiro atoms. The second-order valence-electron chi connectivity index (χ2n) is 7.14. The summed E-state index contributed by atoms with van der Waals surface area (Å²) in [6.07, 6.45) is 1.76. The topological polar surface area (TPSA) is 171 Å². The van der Waals surface area contributed by atoms with E-state index in [1.165, 1.54) is 16.7 Å². The van der Waals surface area contributed by atoms with E-state index in [0.717, 1.165) is 5.56 Å². The van der Waals surface area contributed by atoms with Crippen LogP contribution in [0.4, 0.5) is 5.69 Å². The summed E-state index contributed by atoms with van der Waals surface area (Å²) in [7, 11) is -4.09. The molecule has 0 bridgehead atoms. The van der Waals surface area contributed by atoms with E-state index in [4.69, 9.17) is 16.3 Å². The first-order valence-electron chi connectivity index (χ1n) is 10.3. The number of carbonyl (C=O) groups is 1. The quantitative estimate of drug-likeness (QED) is 0.0690.